The molecule has 0 unspecified atom stereocenters. The summed E-state index contributed by atoms with van der Waals surface area (Å²) >= 11 is 4.25. The number of hydroxylamine groups is 2. The molecule has 0 aromatic heterocycles. The van der Waals surface area contributed by atoms with Crippen LogP contribution >= 0.6 is 6.72 Å². The minimum Gasteiger partial charge on any atom is -0.324 e. The van der Waals surface area contributed by atoms with E-state index in [1.165, 1.54) is 5.06 Å². The highest BCUT2D eigenvalue weighted by Gasteiger charge is 2.12. The smallest absolute Gasteiger partial charge is 0.324 e. The summed E-state index contributed by atoms with van der Waals surface area (Å²) in [6, 6.07) is 0. The van der Waals surface area contributed by atoms with Crippen molar-refractivity contribution in [1.82, 2.24) is 5.06 Å². The van der Waals surface area contributed by atoms with E-state index in [-0.39, 0.29) is 0 Å². The second-order valence-corrected chi connectivity index (χ2v) is 4.26. The van der Waals surface area contributed by atoms with Crippen LogP contribution in [-0.2, 0) is 16.4 Å². The van der Waals surface area contributed by atoms with E-state index in [2.05, 4.69) is 16.4 Å². The maximum Gasteiger partial charge on any atom is 0.338 e. The average molecular weight is 185 g/mol. The van der Waals surface area contributed by atoms with Crippen LogP contribution in [0.25, 0.3) is 0 Å². The normalized spacial score (nSPS) is 12.5. The van der Waals surface area contributed by atoms with Gasteiger partial charge in [0.15, 0.2) is 0 Å². The van der Waals surface area contributed by atoms with Crippen molar-refractivity contribution >= 4 is 18.5 Å². The van der Waals surface area contributed by atoms with Gasteiger partial charge in [0, 0.05) is 13.1 Å². The van der Waals surface area contributed by atoms with E-state index in [0.717, 1.165) is 0 Å². The van der Waals surface area contributed by atoms with Gasteiger partial charge in [-0.2, -0.15) is 5.06 Å². The first-order chi connectivity index (χ1) is 4.49. The molecule has 0 saturated carbocycles. The molecular formula is C4H12NO3PS. The second kappa shape index (κ2) is 4.38. The van der Waals surface area contributed by atoms with E-state index in [1.807, 2.05) is 13.8 Å². The molecule has 0 saturated heterocycles. The molecule has 0 amide bonds. The van der Waals surface area contributed by atoms with Crippen LogP contribution in [0.1, 0.15) is 13.8 Å². The Morgan fingerprint density at radius 2 is 1.80 bits per heavy atom. The molecule has 0 aliphatic rings. The predicted octanol–water partition coefficient (Wildman–Crippen LogP) is 0.469. The van der Waals surface area contributed by atoms with E-state index < -0.39 is 6.72 Å². The zero-order chi connectivity index (χ0) is 8.20. The third-order valence-corrected chi connectivity index (χ3v) is 1.57. The molecule has 6 heteroatoms. The van der Waals surface area contributed by atoms with Gasteiger partial charge < -0.3 is 9.79 Å². The van der Waals surface area contributed by atoms with Crippen molar-refractivity contribution in [1.29, 1.82) is 0 Å². The Morgan fingerprint density at radius 3 is 1.90 bits per heavy atom. The fraction of sp³-hybridized carbons (Fsp3) is 1.00. The lowest BCUT2D eigenvalue weighted by atomic mass is 10.6. The van der Waals surface area contributed by atoms with Crippen LogP contribution < -0.4 is 0 Å². The highest BCUT2D eigenvalue weighted by molar-refractivity contribution is 8.06. The van der Waals surface area contributed by atoms with Crippen molar-refractivity contribution in [3.05, 3.63) is 0 Å². The molecule has 0 heterocycles. The van der Waals surface area contributed by atoms with Gasteiger partial charge in [-0.3, -0.25) is 0 Å². The lowest BCUT2D eigenvalue weighted by molar-refractivity contribution is -0.0596. The minimum atomic E-state index is -3.50. The molecule has 0 aromatic rings. The Kier molecular flexibility index (Phi) is 4.60. The summed E-state index contributed by atoms with van der Waals surface area (Å²) in [5, 5.41) is 1.40. The first-order valence-corrected chi connectivity index (χ1v) is 5.62. The summed E-state index contributed by atoms with van der Waals surface area (Å²) in [6.45, 7) is 1.37. The van der Waals surface area contributed by atoms with Gasteiger partial charge in [0.25, 0.3) is 0 Å². The fourth-order valence-electron chi connectivity index (χ4n) is 0.489. The number of hydrogen-bond donors (Lipinski definition) is 2. The summed E-state index contributed by atoms with van der Waals surface area (Å²) in [4.78, 5) is 17.3. The number of rotatable bonds is 4. The molecular weight excluding hydrogens is 173 g/mol. The molecule has 0 rings (SSSR count). The summed E-state index contributed by atoms with van der Waals surface area (Å²) < 4.78 is 4.61. The second-order valence-electron chi connectivity index (χ2n) is 1.69. The van der Waals surface area contributed by atoms with Gasteiger partial charge >= 0.3 is 6.72 Å². The van der Waals surface area contributed by atoms with Gasteiger partial charge in [-0.15, -0.1) is 0 Å². The van der Waals surface area contributed by atoms with Crippen molar-refractivity contribution < 1.29 is 14.4 Å². The highest BCUT2D eigenvalue weighted by atomic mass is 32.5. The molecule has 0 atom stereocenters. The Labute approximate surface area is 65.6 Å². The van der Waals surface area contributed by atoms with Crippen LogP contribution in [-0.4, -0.2) is 27.9 Å². The van der Waals surface area contributed by atoms with Gasteiger partial charge in [0.1, 0.15) is 0 Å². The Bertz CT molecular complexity index is 132. The molecule has 0 aliphatic carbocycles. The topological polar surface area (TPSA) is 52.9 Å². The largest absolute Gasteiger partial charge is 0.338 e. The summed E-state index contributed by atoms with van der Waals surface area (Å²) in [5.74, 6) is 0. The Hall–Kier alpha value is 0.490. The van der Waals surface area contributed by atoms with Crippen LogP contribution in [0.4, 0.5) is 0 Å². The Balaban J connectivity index is 3.75. The lowest BCUT2D eigenvalue weighted by Crippen LogP contribution is -2.21. The molecule has 0 radical (unpaired) electrons. The van der Waals surface area contributed by atoms with Crippen molar-refractivity contribution in [2.24, 2.45) is 0 Å². The molecule has 4 nitrogen and oxygen atoms in total. The molecule has 2 N–H and O–H groups in total. The van der Waals surface area contributed by atoms with Crippen LogP contribution in [0, 0.1) is 0 Å². The van der Waals surface area contributed by atoms with E-state index in [0.29, 0.717) is 13.1 Å². The zero-order valence-electron chi connectivity index (χ0n) is 6.02. The molecule has 10 heavy (non-hydrogen) atoms. The third-order valence-electron chi connectivity index (χ3n) is 0.927. The van der Waals surface area contributed by atoms with Gasteiger partial charge in [0.2, 0.25) is 0 Å². The van der Waals surface area contributed by atoms with E-state index >= 15 is 0 Å². The van der Waals surface area contributed by atoms with Gasteiger partial charge in [0.05, 0.1) is 0 Å². The van der Waals surface area contributed by atoms with Crippen LogP contribution in [0.15, 0.2) is 0 Å². The Morgan fingerprint density at radius 1 is 1.40 bits per heavy atom. The zero-order valence-corrected chi connectivity index (χ0v) is 7.73. The van der Waals surface area contributed by atoms with Gasteiger partial charge in [-0.25, -0.2) is 4.62 Å². The van der Waals surface area contributed by atoms with Gasteiger partial charge in [-0.05, 0) is 11.8 Å². The van der Waals surface area contributed by atoms with E-state index in [4.69, 9.17) is 9.79 Å². The van der Waals surface area contributed by atoms with Crippen molar-refractivity contribution in [2.75, 3.05) is 13.1 Å². The van der Waals surface area contributed by atoms with Crippen molar-refractivity contribution in [3.63, 3.8) is 0 Å². The maximum atomic E-state index is 8.67. The molecule has 0 spiro atoms. The predicted molar refractivity (Wildman–Crippen MR) is 42.7 cm³/mol. The van der Waals surface area contributed by atoms with Crippen molar-refractivity contribution in [3.8, 4) is 0 Å². The van der Waals surface area contributed by atoms with Crippen LogP contribution in [0.3, 0.4) is 0 Å². The van der Waals surface area contributed by atoms with Gasteiger partial charge in [-0.1, -0.05) is 13.8 Å². The van der Waals surface area contributed by atoms with E-state index in [1.54, 1.807) is 0 Å². The monoisotopic (exact) mass is 185 g/mol. The molecule has 0 fully saturated rings. The highest BCUT2D eigenvalue weighted by Crippen LogP contribution is 2.37. The quantitative estimate of drug-likeness (QED) is 0.492. The number of nitrogens with zero attached hydrogens (tertiary/aromatic N) is 1. The molecule has 0 bridgehead atoms. The average Bonchev–Trinajstić information content (AvgIpc) is 1.81. The molecule has 62 valence electrons. The summed E-state index contributed by atoms with van der Waals surface area (Å²) in [5.41, 5.74) is 0. The minimum absolute atomic E-state index is 0.593. The molecule has 0 aliphatic heterocycles. The van der Waals surface area contributed by atoms with Crippen LogP contribution in [0.2, 0.25) is 0 Å². The standard InChI is InChI=1S/C4H12NO3PS/c1-3-5(4-2)8-9(6,7)10/h3-4H2,1-2H3,(H2,6,7,10). The molecule has 0 aromatic carbocycles. The maximum absolute atomic E-state index is 8.67. The first-order valence-electron chi connectivity index (χ1n) is 2.99. The van der Waals surface area contributed by atoms with Crippen molar-refractivity contribution in [2.45, 2.75) is 13.8 Å². The summed E-state index contributed by atoms with van der Waals surface area (Å²) in [7, 11) is 0. The first kappa shape index (κ1) is 10.5. The number of hydrogen-bond acceptors (Lipinski definition) is 3. The fourth-order valence-corrected chi connectivity index (χ4v) is 1.30. The third kappa shape index (κ3) is 5.29. The SMILES string of the molecule is CCN(CC)OP(O)(O)=S. The lowest BCUT2D eigenvalue weighted by Gasteiger charge is -2.19. The summed E-state index contributed by atoms with van der Waals surface area (Å²) in [6.07, 6.45) is 0. The van der Waals surface area contributed by atoms with E-state index in [9.17, 15) is 0 Å². The van der Waals surface area contributed by atoms with Crippen LogP contribution in [0.5, 0.6) is 0 Å².